The second-order valence-electron chi connectivity index (χ2n) is 4.21. The van der Waals surface area contributed by atoms with Crippen molar-refractivity contribution in [3.05, 3.63) is 45.3 Å². The van der Waals surface area contributed by atoms with Crippen LogP contribution in [-0.4, -0.2) is 9.97 Å². The molecular formula is C14H14BrClN2O. The highest BCUT2D eigenvalue weighted by Crippen LogP contribution is 2.26. The molecule has 0 unspecified atom stereocenters. The smallest absolute Gasteiger partial charge is 0.223 e. The summed E-state index contributed by atoms with van der Waals surface area (Å²) in [5.41, 5.74) is 0.973. The minimum Gasteiger partial charge on any atom is -0.439 e. The lowest BCUT2D eigenvalue weighted by atomic mass is 10.2. The van der Waals surface area contributed by atoms with E-state index in [0.29, 0.717) is 5.88 Å². The summed E-state index contributed by atoms with van der Waals surface area (Å²) in [5, 5.41) is 0.725. The van der Waals surface area contributed by atoms with E-state index in [9.17, 15) is 0 Å². The molecule has 0 aliphatic heterocycles. The van der Waals surface area contributed by atoms with Gasteiger partial charge in [-0.2, -0.15) is 4.98 Å². The van der Waals surface area contributed by atoms with E-state index in [4.69, 9.17) is 16.3 Å². The maximum absolute atomic E-state index is 5.99. The van der Waals surface area contributed by atoms with Crippen molar-refractivity contribution < 1.29 is 4.74 Å². The molecule has 0 amide bonds. The van der Waals surface area contributed by atoms with E-state index < -0.39 is 0 Å². The summed E-state index contributed by atoms with van der Waals surface area (Å²) in [4.78, 5) is 8.68. The second kappa shape index (κ2) is 6.35. The van der Waals surface area contributed by atoms with Crippen LogP contribution in [0.5, 0.6) is 11.6 Å². The molecule has 0 bridgehead atoms. The van der Waals surface area contributed by atoms with E-state index in [-0.39, 0.29) is 0 Å². The first-order valence-corrected chi connectivity index (χ1v) is 7.23. The molecule has 1 aromatic heterocycles. The van der Waals surface area contributed by atoms with Crippen LogP contribution in [0.25, 0.3) is 0 Å². The number of halogens is 2. The lowest BCUT2D eigenvalue weighted by Gasteiger charge is -2.08. The zero-order chi connectivity index (χ0) is 13.8. The van der Waals surface area contributed by atoms with Gasteiger partial charge in [0.1, 0.15) is 16.2 Å². The predicted octanol–water partition coefficient (Wildman–Crippen LogP) is 4.95. The van der Waals surface area contributed by atoms with Crippen molar-refractivity contribution in [3.8, 4) is 11.6 Å². The van der Waals surface area contributed by atoms with E-state index in [1.54, 1.807) is 6.07 Å². The first kappa shape index (κ1) is 14.3. The van der Waals surface area contributed by atoms with Gasteiger partial charge in [-0.3, -0.25) is 0 Å². The highest BCUT2D eigenvalue weighted by molar-refractivity contribution is 9.10. The van der Waals surface area contributed by atoms with Crippen LogP contribution in [0.2, 0.25) is 5.02 Å². The van der Waals surface area contributed by atoms with Crippen LogP contribution < -0.4 is 4.74 Å². The van der Waals surface area contributed by atoms with Gasteiger partial charge in [-0.1, -0.05) is 18.5 Å². The molecule has 1 aromatic carbocycles. The third-order valence-electron chi connectivity index (χ3n) is 2.54. The van der Waals surface area contributed by atoms with Gasteiger partial charge < -0.3 is 4.74 Å². The Labute approximate surface area is 126 Å². The standard InChI is InChI=1S/C14H14BrClN2O/c1-3-4-13-17-12(15)8-14(18-13)19-10-5-6-11(16)9(2)7-10/h5-8H,3-4H2,1-2H3. The summed E-state index contributed by atoms with van der Waals surface area (Å²) < 4.78 is 6.47. The Hall–Kier alpha value is -1.13. The molecule has 3 nitrogen and oxygen atoms in total. The average Bonchev–Trinajstić information content (AvgIpc) is 2.33. The molecule has 0 N–H and O–H groups in total. The van der Waals surface area contributed by atoms with E-state index in [2.05, 4.69) is 32.8 Å². The zero-order valence-electron chi connectivity index (χ0n) is 10.8. The molecule has 5 heteroatoms. The Morgan fingerprint density at radius 2 is 2.05 bits per heavy atom. The average molecular weight is 342 g/mol. The van der Waals surface area contributed by atoms with E-state index >= 15 is 0 Å². The third-order valence-corrected chi connectivity index (χ3v) is 3.37. The highest BCUT2D eigenvalue weighted by atomic mass is 79.9. The minimum atomic E-state index is 0.534. The van der Waals surface area contributed by atoms with Gasteiger partial charge in [0, 0.05) is 17.5 Å². The lowest BCUT2D eigenvalue weighted by molar-refractivity contribution is 0.457. The first-order chi connectivity index (χ1) is 9.08. The third kappa shape index (κ3) is 3.91. The van der Waals surface area contributed by atoms with Crippen molar-refractivity contribution in [2.45, 2.75) is 26.7 Å². The molecular weight excluding hydrogens is 328 g/mol. The van der Waals surface area contributed by atoms with Gasteiger partial charge in [-0.15, -0.1) is 0 Å². The zero-order valence-corrected chi connectivity index (χ0v) is 13.1. The van der Waals surface area contributed by atoms with Crippen molar-refractivity contribution in [2.75, 3.05) is 0 Å². The normalized spacial score (nSPS) is 10.5. The maximum atomic E-state index is 5.99. The summed E-state index contributed by atoms with van der Waals surface area (Å²) >= 11 is 9.36. The second-order valence-corrected chi connectivity index (χ2v) is 5.43. The Morgan fingerprint density at radius 3 is 2.74 bits per heavy atom. The molecule has 0 aliphatic rings. The Kier molecular flexibility index (Phi) is 4.77. The monoisotopic (exact) mass is 340 g/mol. The summed E-state index contributed by atoms with van der Waals surface area (Å²) in [6.45, 7) is 4.03. The molecule has 0 saturated carbocycles. The molecule has 1 heterocycles. The highest BCUT2D eigenvalue weighted by Gasteiger charge is 2.06. The number of aromatic nitrogens is 2. The number of hydrogen-bond acceptors (Lipinski definition) is 3. The quantitative estimate of drug-likeness (QED) is 0.738. The van der Waals surface area contributed by atoms with E-state index in [1.165, 1.54) is 0 Å². The van der Waals surface area contributed by atoms with Crippen molar-refractivity contribution >= 4 is 27.5 Å². The minimum absolute atomic E-state index is 0.534. The van der Waals surface area contributed by atoms with Crippen LogP contribution >= 0.6 is 27.5 Å². The van der Waals surface area contributed by atoms with Gasteiger partial charge in [0.05, 0.1) is 0 Å². The number of nitrogens with zero attached hydrogens (tertiary/aromatic N) is 2. The van der Waals surface area contributed by atoms with Crippen LogP contribution in [0.3, 0.4) is 0 Å². The molecule has 2 rings (SSSR count). The topological polar surface area (TPSA) is 35.0 Å². The molecule has 19 heavy (non-hydrogen) atoms. The van der Waals surface area contributed by atoms with Gasteiger partial charge in [-0.05, 0) is 53.0 Å². The number of aryl methyl sites for hydroxylation is 2. The van der Waals surface area contributed by atoms with Crippen LogP contribution in [0.15, 0.2) is 28.9 Å². The summed E-state index contributed by atoms with van der Waals surface area (Å²) in [7, 11) is 0. The molecule has 0 radical (unpaired) electrons. The molecule has 0 atom stereocenters. The number of ether oxygens (including phenoxy) is 1. The molecule has 0 saturated heterocycles. The Morgan fingerprint density at radius 1 is 1.26 bits per heavy atom. The van der Waals surface area contributed by atoms with Gasteiger partial charge in [0.2, 0.25) is 5.88 Å². The van der Waals surface area contributed by atoms with E-state index in [1.807, 2.05) is 25.1 Å². The first-order valence-electron chi connectivity index (χ1n) is 6.06. The lowest BCUT2D eigenvalue weighted by Crippen LogP contribution is -1.98. The van der Waals surface area contributed by atoms with Gasteiger partial charge >= 0.3 is 0 Å². The molecule has 0 spiro atoms. The summed E-state index contributed by atoms with van der Waals surface area (Å²) in [6.07, 6.45) is 1.82. The van der Waals surface area contributed by atoms with Gasteiger partial charge in [-0.25, -0.2) is 4.98 Å². The Balaban J connectivity index is 2.24. The fourth-order valence-electron chi connectivity index (χ4n) is 1.63. The Bertz CT molecular complexity index is 590. The van der Waals surface area contributed by atoms with Crippen LogP contribution in [0.1, 0.15) is 24.7 Å². The number of benzene rings is 1. The van der Waals surface area contributed by atoms with Crippen molar-refractivity contribution in [1.29, 1.82) is 0 Å². The largest absolute Gasteiger partial charge is 0.439 e. The van der Waals surface area contributed by atoms with Crippen molar-refractivity contribution in [3.63, 3.8) is 0 Å². The molecule has 100 valence electrons. The van der Waals surface area contributed by atoms with Crippen molar-refractivity contribution in [2.24, 2.45) is 0 Å². The SMILES string of the molecule is CCCc1nc(Br)cc(Oc2ccc(Cl)c(C)c2)n1. The predicted molar refractivity (Wildman–Crippen MR) is 80.0 cm³/mol. The van der Waals surface area contributed by atoms with E-state index in [0.717, 1.165) is 39.6 Å². The van der Waals surface area contributed by atoms with Gasteiger partial charge in [0.15, 0.2) is 0 Å². The molecule has 2 aromatic rings. The number of rotatable bonds is 4. The fraction of sp³-hybridized carbons (Fsp3) is 0.286. The van der Waals surface area contributed by atoms with Gasteiger partial charge in [0.25, 0.3) is 0 Å². The van der Waals surface area contributed by atoms with Crippen LogP contribution in [0.4, 0.5) is 0 Å². The van der Waals surface area contributed by atoms with Crippen molar-refractivity contribution in [1.82, 2.24) is 9.97 Å². The fourth-order valence-corrected chi connectivity index (χ4v) is 2.15. The van der Waals surface area contributed by atoms with Crippen LogP contribution in [-0.2, 0) is 6.42 Å². The number of hydrogen-bond donors (Lipinski definition) is 0. The summed E-state index contributed by atoms with van der Waals surface area (Å²) in [5.74, 6) is 2.03. The van der Waals surface area contributed by atoms with Crippen LogP contribution in [0, 0.1) is 6.92 Å². The summed E-state index contributed by atoms with van der Waals surface area (Å²) in [6, 6.07) is 7.28. The molecule has 0 fully saturated rings. The molecule has 0 aliphatic carbocycles. The maximum Gasteiger partial charge on any atom is 0.223 e.